The Labute approximate surface area is 125 Å². The van der Waals surface area contributed by atoms with Crippen LogP contribution in [0.5, 0.6) is 0 Å². The van der Waals surface area contributed by atoms with E-state index in [1.807, 2.05) is 12.1 Å². The molecular weight excluding hydrogens is 272 g/mol. The number of hydrogen-bond acceptors (Lipinski definition) is 2. The molecule has 1 saturated carbocycles. The van der Waals surface area contributed by atoms with E-state index >= 15 is 0 Å². The van der Waals surface area contributed by atoms with Crippen molar-refractivity contribution in [1.82, 2.24) is 10.2 Å². The second kappa shape index (κ2) is 6.02. The van der Waals surface area contributed by atoms with E-state index in [4.69, 9.17) is 17.3 Å². The number of nitrogens with zero attached hydrogens (tertiary/aromatic N) is 2. The summed E-state index contributed by atoms with van der Waals surface area (Å²) in [4.78, 5) is 6.80. The maximum atomic E-state index is 6.22. The minimum atomic E-state index is 0.572. The molecule has 108 valence electrons. The highest BCUT2D eigenvalue weighted by Gasteiger charge is 2.21. The van der Waals surface area contributed by atoms with Crippen molar-refractivity contribution in [1.29, 1.82) is 0 Å². The van der Waals surface area contributed by atoms with Crippen molar-refractivity contribution in [3.63, 3.8) is 0 Å². The number of nitrogens with one attached hydrogen (secondary N) is 1. The van der Waals surface area contributed by atoms with Gasteiger partial charge in [0.1, 0.15) is 0 Å². The number of fused-ring (bicyclic) bond motifs is 1. The Morgan fingerprint density at radius 2 is 2.30 bits per heavy atom. The van der Waals surface area contributed by atoms with Crippen LogP contribution in [0.1, 0.15) is 24.0 Å². The fourth-order valence-electron chi connectivity index (χ4n) is 2.61. The molecule has 1 aromatic rings. The molecule has 3 N–H and O–H groups in total. The molecule has 0 aromatic heterocycles. The Balaban J connectivity index is 1.50. The van der Waals surface area contributed by atoms with Crippen LogP contribution in [0.4, 0.5) is 0 Å². The summed E-state index contributed by atoms with van der Waals surface area (Å²) in [5.74, 6) is 0.591. The molecule has 1 heterocycles. The third-order valence-corrected chi connectivity index (χ3v) is 4.27. The first-order chi connectivity index (χ1) is 9.72. The number of nitrogens with two attached hydrogens (primary N) is 1. The second-order valence-electron chi connectivity index (χ2n) is 5.59. The maximum absolute atomic E-state index is 6.22. The zero-order valence-corrected chi connectivity index (χ0v) is 12.4. The van der Waals surface area contributed by atoms with Gasteiger partial charge in [-0.1, -0.05) is 23.7 Å². The highest BCUT2D eigenvalue weighted by Crippen LogP contribution is 2.25. The second-order valence-corrected chi connectivity index (χ2v) is 6.00. The zero-order chi connectivity index (χ0) is 13.9. The van der Waals surface area contributed by atoms with E-state index in [0.29, 0.717) is 12.0 Å². The Kier molecular flexibility index (Phi) is 4.13. The van der Waals surface area contributed by atoms with Gasteiger partial charge in [-0.3, -0.25) is 9.89 Å². The average molecular weight is 293 g/mol. The first-order valence-corrected chi connectivity index (χ1v) is 7.65. The summed E-state index contributed by atoms with van der Waals surface area (Å²) in [6, 6.07) is 6.74. The summed E-state index contributed by atoms with van der Waals surface area (Å²) in [7, 11) is 0. The minimum Gasteiger partial charge on any atom is -0.370 e. The Hall–Kier alpha value is -1.26. The lowest BCUT2D eigenvalue weighted by molar-refractivity contribution is 0.262. The van der Waals surface area contributed by atoms with Crippen molar-refractivity contribution in [2.24, 2.45) is 10.7 Å². The summed E-state index contributed by atoms with van der Waals surface area (Å²) in [6.45, 7) is 3.70. The highest BCUT2D eigenvalue weighted by molar-refractivity contribution is 6.31. The molecule has 0 amide bonds. The number of benzene rings is 1. The van der Waals surface area contributed by atoms with Gasteiger partial charge in [-0.05, 0) is 36.5 Å². The van der Waals surface area contributed by atoms with Crippen LogP contribution in [0.3, 0.4) is 0 Å². The van der Waals surface area contributed by atoms with E-state index in [0.717, 1.165) is 37.6 Å². The topological polar surface area (TPSA) is 53.6 Å². The van der Waals surface area contributed by atoms with E-state index < -0.39 is 0 Å². The van der Waals surface area contributed by atoms with Gasteiger partial charge in [0.25, 0.3) is 0 Å². The van der Waals surface area contributed by atoms with Crippen LogP contribution in [0, 0.1) is 0 Å². The highest BCUT2D eigenvalue weighted by atomic mass is 35.5. The number of aliphatic imine (C=N–C) groups is 1. The predicted molar refractivity (Wildman–Crippen MR) is 83.1 cm³/mol. The summed E-state index contributed by atoms with van der Waals surface area (Å²) in [5.41, 5.74) is 8.48. The SMILES string of the molecule is NC(=NCCN1CCc2c(Cl)cccc2C1)NC1CC1. The lowest BCUT2D eigenvalue weighted by Gasteiger charge is -2.28. The first kappa shape index (κ1) is 13.7. The molecule has 5 heteroatoms. The molecule has 1 fully saturated rings. The predicted octanol–water partition coefficient (Wildman–Crippen LogP) is 1.76. The fourth-order valence-corrected chi connectivity index (χ4v) is 2.90. The van der Waals surface area contributed by atoms with Crippen molar-refractivity contribution in [3.05, 3.63) is 34.3 Å². The van der Waals surface area contributed by atoms with E-state index in [1.165, 1.54) is 24.0 Å². The molecule has 2 aliphatic rings. The fraction of sp³-hybridized carbons (Fsp3) is 0.533. The molecule has 0 atom stereocenters. The zero-order valence-electron chi connectivity index (χ0n) is 11.6. The standard InChI is InChI=1S/C15H21ClN4/c16-14-3-1-2-11-10-20(8-6-13(11)14)9-7-18-15(17)19-12-4-5-12/h1-3,12H,4-10H2,(H3,17,18,19). The largest absolute Gasteiger partial charge is 0.370 e. The minimum absolute atomic E-state index is 0.572. The maximum Gasteiger partial charge on any atom is 0.188 e. The molecule has 1 aliphatic carbocycles. The number of halogens is 1. The van der Waals surface area contributed by atoms with Crippen LogP contribution in [0.2, 0.25) is 5.02 Å². The van der Waals surface area contributed by atoms with Gasteiger partial charge in [-0.15, -0.1) is 0 Å². The first-order valence-electron chi connectivity index (χ1n) is 7.27. The van der Waals surface area contributed by atoms with E-state index in [-0.39, 0.29) is 0 Å². The van der Waals surface area contributed by atoms with Gasteiger partial charge in [0.15, 0.2) is 5.96 Å². The summed E-state index contributed by atoms with van der Waals surface area (Å²) >= 11 is 6.22. The van der Waals surface area contributed by atoms with Gasteiger partial charge < -0.3 is 11.1 Å². The van der Waals surface area contributed by atoms with Crippen molar-refractivity contribution in [2.45, 2.75) is 31.8 Å². The Bertz CT molecular complexity index is 511. The summed E-state index contributed by atoms with van der Waals surface area (Å²) < 4.78 is 0. The molecule has 0 spiro atoms. The van der Waals surface area contributed by atoms with Crippen LogP contribution in [-0.2, 0) is 13.0 Å². The van der Waals surface area contributed by atoms with Gasteiger partial charge in [0.2, 0.25) is 0 Å². The summed E-state index contributed by atoms with van der Waals surface area (Å²) in [5, 5.41) is 4.11. The molecule has 1 aliphatic heterocycles. The molecule has 0 saturated heterocycles. The molecular formula is C15H21ClN4. The van der Waals surface area contributed by atoms with Crippen molar-refractivity contribution in [2.75, 3.05) is 19.6 Å². The van der Waals surface area contributed by atoms with Crippen molar-refractivity contribution in [3.8, 4) is 0 Å². The molecule has 20 heavy (non-hydrogen) atoms. The Morgan fingerprint density at radius 1 is 1.45 bits per heavy atom. The molecule has 4 nitrogen and oxygen atoms in total. The number of hydrogen-bond donors (Lipinski definition) is 2. The molecule has 3 rings (SSSR count). The van der Waals surface area contributed by atoms with Crippen LogP contribution in [-0.4, -0.2) is 36.5 Å². The van der Waals surface area contributed by atoms with Gasteiger partial charge >= 0.3 is 0 Å². The van der Waals surface area contributed by atoms with Crippen molar-refractivity contribution >= 4 is 17.6 Å². The van der Waals surface area contributed by atoms with E-state index in [2.05, 4.69) is 21.3 Å². The smallest absolute Gasteiger partial charge is 0.188 e. The van der Waals surface area contributed by atoms with Crippen LogP contribution in [0.15, 0.2) is 23.2 Å². The lowest BCUT2D eigenvalue weighted by Crippen LogP contribution is -2.36. The molecule has 0 unspecified atom stereocenters. The lowest BCUT2D eigenvalue weighted by atomic mass is 10.00. The number of guanidine groups is 1. The van der Waals surface area contributed by atoms with E-state index in [1.54, 1.807) is 0 Å². The van der Waals surface area contributed by atoms with Crippen LogP contribution >= 0.6 is 11.6 Å². The third kappa shape index (κ3) is 3.44. The van der Waals surface area contributed by atoms with Gasteiger partial charge in [-0.2, -0.15) is 0 Å². The van der Waals surface area contributed by atoms with Crippen LogP contribution < -0.4 is 11.1 Å². The van der Waals surface area contributed by atoms with Crippen LogP contribution in [0.25, 0.3) is 0 Å². The molecule has 1 aromatic carbocycles. The summed E-state index contributed by atoms with van der Waals surface area (Å²) in [6.07, 6.45) is 3.47. The molecule has 0 radical (unpaired) electrons. The normalized spacial score (nSPS) is 19.8. The third-order valence-electron chi connectivity index (χ3n) is 3.92. The quantitative estimate of drug-likeness (QED) is 0.657. The van der Waals surface area contributed by atoms with Crippen molar-refractivity contribution < 1.29 is 0 Å². The van der Waals surface area contributed by atoms with Gasteiger partial charge in [0.05, 0.1) is 6.54 Å². The number of rotatable bonds is 4. The Morgan fingerprint density at radius 3 is 3.10 bits per heavy atom. The van der Waals surface area contributed by atoms with Gasteiger partial charge in [-0.25, -0.2) is 0 Å². The monoisotopic (exact) mass is 292 g/mol. The molecule has 0 bridgehead atoms. The van der Waals surface area contributed by atoms with E-state index in [9.17, 15) is 0 Å². The average Bonchev–Trinajstić information content (AvgIpc) is 3.23. The van der Waals surface area contributed by atoms with Gasteiger partial charge in [0, 0.05) is 30.7 Å².